The predicted octanol–water partition coefficient (Wildman–Crippen LogP) is 3.50. The Morgan fingerprint density at radius 3 is 2.33 bits per heavy atom. The second kappa shape index (κ2) is 10.2. The van der Waals surface area contributed by atoms with Gasteiger partial charge < -0.3 is 15.1 Å². The number of fused-ring (bicyclic) bond motifs is 1. The number of nitrogens with zero attached hydrogens (tertiary/aromatic N) is 5. The van der Waals surface area contributed by atoms with Gasteiger partial charge in [-0.05, 0) is 47.7 Å². The fourth-order valence-electron chi connectivity index (χ4n) is 4.61. The third-order valence-electron chi connectivity index (χ3n) is 6.76. The number of sulfone groups is 1. The number of anilines is 2. The Morgan fingerprint density at radius 1 is 1.07 bits per heavy atom. The fraction of sp³-hybridized carbons (Fsp3) is 0.346. The largest absolute Gasteiger partial charge is 0.433 e. The quantitative estimate of drug-likeness (QED) is 0.455. The molecule has 0 unspecified atom stereocenters. The van der Waals surface area contributed by atoms with Crippen LogP contribution in [-0.2, 0) is 38.7 Å². The standard InChI is InChI=1S/C26H25F3N6O4S/c1-15(36)34-14-17-9-20(40(2,38)39)6-7-21(17)23(34)24(37)33-18-11-31-25(32-12-18)35(19-4-5-19)13-16-3-8-22(30-10-16)26(27,28)29/h3,6-12,19,23H,4-5,13-14H2,1-2H3,(H,33,37)/t23-/m1/s1. The normalized spacial score (nSPS) is 16.9. The molecule has 0 saturated heterocycles. The van der Waals surface area contributed by atoms with E-state index in [0.29, 0.717) is 22.6 Å². The predicted molar refractivity (Wildman–Crippen MR) is 138 cm³/mol. The minimum atomic E-state index is -4.51. The van der Waals surface area contributed by atoms with E-state index in [-0.39, 0.29) is 35.6 Å². The SMILES string of the molecule is CC(=O)N1Cc2cc(S(C)(=O)=O)ccc2[C@@H]1C(=O)Nc1cnc(N(Cc2ccc(C(F)(F)F)nc2)C2CC2)nc1. The Bertz CT molecular complexity index is 1560. The summed E-state index contributed by atoms with van der Waals surface area (Å²) in [4.78, 5) is 41.2. The molecule has 14 heteroatoms. The first-order chi connectivity index (χ1) is 18.8. The number of hydrogen-bond donors (Lipinski definition) is 1. The molecule has 1 N–H and O–H groups in total. The van der Waals surface area contributed by atoms with Gasteiger partial charge in [-0.25, -0.2) is 18.4 Å². The first-order valence-corrected chi connectivity index (χ1v) is 14.2. The highest BCUT2D eigenvalue weighted by molar-refractivity contribution is 7.90. The minimum Gasteiger partial charge on any atom is -0.333 e. The first-order valence-electron chi connectivity index (χ1n) is 12.3. The fourth-order valence-corrected chi connectivity index (χ4v) is 5.28. The van der Waals surface area contributed by atoms with Crippen molar-refractivity contribution in [1.82, 2.24) is 19.9 Å². The lowest BCUT2D eigenvalue weighted by Crippen LogP contribution is -2.35. The minimum absolute atomic E-state index is 0.0940. The molecule has 10 nitrogen and oxygen atoms in total. The van der Waals surface area contributed by atoms with Crippen LogP contribution in [0.3, 0.4) is 0 Å². The number of aromatic nitrogens is 3. The molecule has 2 aliphatic rings. The summed E-state index contributed by atoms with van der Waals surface area (Å²) in [5.74, 6) is -0.501. The number of halogens is 3. The number of benzene rings is 1. The topological polar surface area (TPSA) is 125 Å². The number of hydrogen-bond acceptors (Lipinski definition) is 8. The van der Waals surface area contributed by atoms with E-state index in [0.717, 1.165) is 25.2 Å². The van der Waals surface area contributed by atoms with Crippen LogP contribution in [0, 0.1) is 0 Å². The summed E-state index contributed by atoms with van der Waals surface area (Å²) in [6.45, 7) is 1.69. The molecule has 1 aliphatic heterocycles. The Kier molecular flexibility index (Phi) is 6.98. The van der Waals surface area contributed by atoms with Crippen LogP contribution in [0.5, 0.6) is 0 Å². The van der Waals surface area contributed by atoms with Crippen LogP contribution in [0.15, 0.2) is 53.8 Å². The van der Waals surface area contributed by atoms with Gasteiger partial charge in [-0.2, -0.15) is 13.2 Å². The summed E-state index contributed by atoms with van der Waals surface area (Å²) >= 11 is 0. The zero-order valence-electron chi connectivity index (χ0n) is 21.5. The van der Waals surface area contributed by atoms with E-state index in [4.69, 9.17) is 0 Å². The van der Waals surface area contributed by atoms with Gasteiger partial charge in [-0.15, -0.1) is 0 Å². The molecule has 3 aromatic rings. The molecule has 1 saturated carbocycles. The lowest BCUT2D eigenvalue weighted by atomic mass is 10.0. The van der Waals surface area contributed by atoms with Crippen LogP contribution < -0.4 is 10.2 Å². The van der Waals surface area contributed by atoms with Crippen molar-refractivity contribution in [3.63, 3.8) is 0 Å². The third-order valence-corrected chi connectivity index (χ3v) is 7.87. The van der Waals surface area contributed by atoms with E-state index in [1.807, 2.05) is 4.90 Å². The number of carbonyl (C=O) groups is 2. The van der Waals surface area contributed by atoms with E-state index in [9.17, 15) is 31.2 Å². The second-order valence-corrected chi connectivity index (χ2v) is 11.9. The molecular formula is C26H25F3N6O4S. The van der Waals surface area contributed by atoms with E-state index in [1.54, 1.807) is 6.07 Å². The monoisotopic (exact) mass is 574 g/mol. The lowest BCUT2D eigenvalue weighted by Gasteiger charge is -2.24. The van der Waals surface area contributed by atoms with Crippen LogP contribution in [0.4, 0.5) is 24.8 Å². The van der Waals surface area contributed by atoms with Crippen molar-refractivity contribution in [1.29, 1.82) is 0 Å². The summed E-state index contributed by atoms with van der Waals surface area (Å²) in [5, 5.41) is 2.72. The highest BCUT2D eigenvalue weighted by atomic mass is 32.2. The number of carbonyl (C=O) groups excluding carboxylic acids is 2. The maximum atomic E-state index is 13.3. The molecule has 0 bridgehead atoms. The molecular weight excluding hydrogens is 549 g/mol. The van der Waals surface area contributed by atoms with E-state index in [2.05, 4.69) is 20.3 Å². The Balaban J connectivity index is 1.32. The molecule has 1 fully saturated rings. The molecule has 1 aliphatic carbocycles. The van der Waals surface area contributed by atoms with Gasteiger partial charge in [0.1, 0.15) is 11.7 Å². The molecule has 40 heavy (non-hydrogen) atoms. The van der Waals surface area contributed by atoms with Crippen LogP contribution in [0.25, 0.3) is 0 Å². The number of alkyl halides is 3. The summed E-state index contributed by atoms with van der Waals surface area (Å²) in [6, 6.07) is 5.92. The van der Waals surface area contributed by atoms with Gasteiger partial charge in [0, 0.05) is 38.5 Å². The van der Waals surface area contributed by atoms with Crippen molar-refractivity contribution in [3.05, 3.63) is 71.3 Å². The summed E-state index contributed by atoms with van der Waals surface area (Å²) < 4.78 is 62.4. The van der Waals surface area contributed by atoms with Crippen molar-refractivity contribution in [2.45, 2.75) is 56.0 Å². The average molecular weight is 575 g/mol. The highest BCUT2D eigenvalue weighted by Crippen LogP contribution is 2.36. The number of pyridine rings is 1. The van der Waals surface area contributed by atoms with Gasteiger partial charge >= 0.3 is 6.18 Å². The highest BCUT2D eigenvalue weighted by Gasteiger charge is 2.38. The van der Waals surface area contributed by atoms with E-state index < -0.39 is 33.7 Å². The molecule has 1 atom stereocenters. The van der Waals surface area contributed by atoms with Crippen molar-refractivity contribution >= 4 is 33.3 Å². The van der Waals surface area contributed by atoms with Gasteiger partial charge in [0.25, 0.3) is 5.91 Å². The van der Waals surface area contributed by atoms with Crippen molar-refractivity contribution < 1.29 is 31.2 Å². The van der Waals surface area contributed by atoms with Crippen molar-refractivity contribution in [2.24, 2.45) is 0 Å². The maximum absolute atomic E-state index is 13.3. The summed E-state index contributed by atoms with van der Waals surface area (Å²) in [6.07, 6.45) is 2.37. The van der Waals surface area contributed by atoms with E-state index in [1.165, 1.54) is 48.6 Å². The molecule has 5 rings (SSSR count). The third kappa shape index (κ3) is 5.76. The first kappa shape index (κ1) is 27.5. The number of nitrogens with one attached hydrogen (secondary N) is 1. The van der Waals surface area contributed by atoms with Crippen molar-refractivity contribution in [3.8, 4) is 0 Å². The maximum Gasteiger partial charge on any atom is 0.433 e. The van der Waals surface area contributed by atoms with Crippen molar-refractivity contribution in [2.75, 3.05) is 16.5 Å². The van der Waals surface area contributed by atoms with E-state index >= 15 is 0 Å². The summed E-state index contributed by atoms with van der Waals surface area (Å²) in [5.41, 5.74) is 0.995. The van der Waals surface area contributed by atoms with Gasteiger partial charge in [0.2, 0.25) is 11.9 Å². The van der Waals surface area contributed by atoms with Crippen LogP contribution in [0.2, 0.25) is 0 Å². The Morgan fingerprint density at radius 2 is 1.77 bits per heavy atom. The smallest absolute Gasteiger partial charge is 0.333 e. The number of amides is 2. The van der Waals surface area contributed by atoms with Crippen LogP contribution >= 0.6 is 0 Å². The Hall–Kier alpha value is -4.07. The average Bonchev–Trinajstić information content (AvgIpc) is 3.65. The zero-order valence-corrected chi connectivity index (χ0v) is 22.3. The molecule has 0 spiro atoms. The molecule has 1 aromatic carbocycles. The zero-order chi connectivity index (χ0) is 28.8. The van der Waals surface area contributed by atoms with Gasteiger partial charge in [-0.3, -0.25) is 14.6 Å². The molecule has 3 heterocycles. The second-order valence-electron chi connectivity index (χ2n) is 9.85. The van der Waals surface area contributed by atoms with Gasteiger partial charge in [0.15, 0.2) is 9.84 Å². The number of rotatable bonds is 7. The Labute approximate surface area is 228 Å². The molecule has 2 amide bonds. The van der Waals surface area contributed by atoms with Gasteiger partial charge in [0.05, 0.1) is 23.0 Å². The van der Waals surface area contributed by atoms with Gasteiger partial charge in [-0.1, -0.05) is 12.1 Å². The van der Waals surface area contributed by atoms with Crippen LogP contribution in [0.1, 0.15) is 48.2 Å². The lowest BCUT2D eigenvalue weighted by molar-refractivity contribution is -0.141. The molecule has 0 radical (unpaired) electrons. The molecule has 210 valence electrons. The molecule has 2 aromatic heterocycles. The summed E-state index contributed by atoms with van der Waals surface area (Å²) in [7, 11) is -3.46. The van der Waals surface area contributed by atoms with Crippen LogP contribution in [-0.4, -0.2) is 52.4 Å².